The molecule has 1 fully saturated rings. The summed E-state index contributed by atoms with van der Waals surface area (Å²) in [6, 6.07) is 16.2. The van der Waals surface area contributed by atoms with Gasteiger partial charge in [-0.15, -0.1) is 0 Å². The van der Waals surface area contributed by atoms with Crippen molar-refractivity contribution in [2.45, 2.75) is 45.6 Å². The van der Waals surface area contributed by atoms with Crippen LogP contribution in [0.25, 0.3) is 0 Å². The van der Waals surface area contributed by atoms with E-state index in [1.807, 2.05) is 21.3 Å². The van der Waals surface area contributed by atoms with Crippen LogP contribution in [0, 0.1) is 11.7 Å². The zero-order chi connectivity index (χ0) is 26.6. The van der Waals surface area contributed by atoms with Crippen LogP contribution in [-0.2, 0) is 20.7 Å². The summed E-state index contributed by atoms with van der Waals surface area (Å²) in [6.07, 6.45) is 3.13. The molecule has 5 rings (SSSR count). The molecule has 6 nitrogen and oxygen atoms in total. The summed E-state index contributed by atoms with van der Waals surface area (Å²) in [4.78, 5) is 34.9. The number of benzene rings is 2. The number of halogens is 1. The quantitative estimate of drug-likeness (QED) is 0.419. The van der Waals surface area contributed by atoms with Crippen LogP contribution in [0.3, 0.4) is 0 Å². The minimum absolute atomic E-state index is 0.0347. The van der Waals surface area contributed by atoms with Gasteiger partial charge in [-0.1, -0.05) is 60.3 Å². The van der Waals surface area contributed by atoms with Gasteiger partial charge in [0, 0.05) is 24.4 Å². The molecule has 1 amide bonds. The van der Waals surface area contributed by atoms with Crippen molar-refractivity contribution in [3.8, 4) is 0 Å². The fraction of sp³-hybridized carbons (Fsp3) is 0.367. The Labute approximate surface area is 227 Å². The second-order valence-electron chi connectivity index (χ2n) is 9.83. The van der Waals surface area contributed by atoms with Crippen molar-refractivity contribution < 1.29 is 18.7 Å². The highest BCUT2D eigenvalue weighted by atomic mass is 32.2. The second-order valence-corrected chi connectivity index (χ2v) is 10.7. The van der Waals surface area contributed by atoms with Crippen LogP contribution < -0.4 is 0 Å². The number of carbonyl (C=O) groups is 2. The van der Waals surface area contributed by atoms with Crippen molar-refractivity contribution in [1.29, 1.82) is 0 Å². The Morgan fingerprint density at radius 3 is 2.50 bits per heavy atom. The van der Waals surface area contributed by atoms with Gasteiger partial charge in [0.05, 0.1) is 30.3 Å². The van der Waals surface area contributed by atoms with Gasteiger partial charge < -0.3 is 14.5 Å². The summed E-state index contributed by atoms with van der Waals surface area (Å²) >= 11 is 1.39. The molecule has 1 saturated heterocycles. The highest BCUT2D eigenvalue weighted by molar-refractivity contribution is 8.16. The SMILES string of the molecule is CCOC(=O)C1=C(C)N=C2SC=C(CC(=O)N3CCC(Cc4ccccc4)CC3)N2[C@@H]1c1ccccc1F. The van der Waals surface area contributed by atoms with Crippen LogP contribution in [0.2, 0.25) is 0 Å². The number of piperidine rings is 1. The first-order chi connectivity index (χ1) is 18.5. The highest BCUT2D eigenvalue weighted by Gasteiger charge is 2.42. The lowest BCUT2D eigenvalue weighted by Gasteiger charge is -2.37. The van der Waals surface area contributed by atoms with E-state index in [9.17, 15) is 9.59 Å². The molecule has 2 aromatic carbocycles. The van der Waals surface area contributed by atoms with Gasteiger partial charge in [-0.25, -0.2) is 14.2 Å². The van der Waals surface area contributed by atoms with Crippen LogP contribution in [0.1, 0.15) is 50.3 Å². The molecule has 0 saturated carbocycles. The fourth-order valence-electron chi connectivity index (χ4n) is 5.43. The normalized spacial score (nSPS) is 19.7. The first kappa shape index (κ1) is 26.2. The Bertz CT molecular complexity index is 1300. The molecule has 198 valence electrons. The molecule has 0 spiro atoms. The van der Waals surface area contributed by atoms with Crippen molar-refractivity contribution in [3.63, 3.8) is 0 Å². The van der Waals surface area contributed by atoms with E-state index in [2.05, 4.69) is 29.3 Å². The molecule has 0 aromatic heterocycles. The number of carbonyl (C=O) groups excluding carboxylic acids is 2. The first-order valence-electron chi connectivity index (χ1n) is 13.1. The van der Waals surface area contributed by atoms with Crippen molar-refractivity contribution in [2.75, 3.05) is 19.7 Å². The summed E-state index contributed by atoms with van der Waals surface area (Å²) in [6.45, 7) is 5.13. The maximum atomic E-state index is 15.1. The first-order valence-corrected chi connectivity index (χ1v) is 14.0. The van der Waals surface area contributed by atoms with E-state index in [1.165, 1.54) is 23.4 Å². The topological polar surface area (TPSA) is 62.2 Å². The largest absolute Gasteiger partial charge is 0.463 e. The molecule has 2 aromatic rings. The average Bonchev–Trinajstić information content (AvgIpc) is 3.31. The van der Waals surface area contributed by atoms with E-state index in [1.54, 1.807) is 32.0 Å². The van der Waals surface area contributed by atoms with Crippen LogP contribution >= 0.6 is 11.8 Å². The lowest BCUT2D eigenvalue weighted by atomic mass is 9.90. The standard InChI is InChI=1S/C30H32FN3O3S/c1-3-37-29(36)27-20(2)32-30-34(28(27)24-11-7-8-12-25(24)31)23(19-38-30)18-26(35)33-15-13-22(14-16-33)17-21-9-5-4-6-10-21/h4-12,19,22,28H,3,13-18H2,1-2H3/t28-/m1/s1. The number of rotatable bonds is 7. The van der Waals surface area contributed by atoms with Gasteiger partial charge in [0.1, 0.15) is 5.82 Å². The Morgan fingerprint density at radius 1 is 1.08 bits per heavy atom. The number of ether oxygens (including phenoxy) is 1. The van der Waals surface area contributed by atoms with E-state index < -0.39 is 17.8 Å². The van der Waals surface area contributed by atoms with Gasteiger partial charge in [-0.05, 0) is 56.1 Å². The Morgan fingerprint density at radius 2 is 1.79 bits per heavy atom. The number of allylic oxidation sites excluding steroid dienone is 1. The number of nitrogens with zero attached hydrogens (tertiary/aromatic N) is 3. The van der Waals surface area contributed by atoms with Gasteiger partial charge in [0.15, 0.2) is 5.17 Å². The zero-order valence-electron chi connectivity index (χ0n) is 21.7. The average molecular weight is 534 g/mol. The van der Waals surface area contributed by atoms with Crippen LogP contribution in [0.5, 0.6) is 0 Å². The predicted octanol–water partition coefficient (Wildman–Crippen LogP) is 5.84. The second kappa shape index (κ2) is 11.6. The summed E-state index contributed by atoms with van der Waals surface area (Å²) in [5.41, 5.74) is 3.19. The molecule has 8 heteroatoms. The minimum Gasteiger partial charge on any atom is -0.463 e. The Hall–Kier alpha value is -3.39. The molecule has 0 bridgehead atoms. The summed E-state index contributed by atoms with van der Waals surface area (Å²) in [5.74, 6) is -0.345. The molecule has 0 N–H and O–H groups in total. The van der Waals surface area contributed by atoms with E-state index in [-0.39, 0.29) is 18.9 Å². The molecular weight excluding hydrogens is 501 g/mol. The molecule has 0 unspecified atom stereocenters. The monoisotopic (exact) mass is 533 g/mol. The molecular formula is C30H32FN3O3S. The molecule has 38 heavy (non-hydrogen) atoms. The lowest BCUT2D eigenvalue weighted by molar-refractivity contribution is -0.139. The maximum Gasteiger partial charge on any atom is 0.338 e. The summed E-state index contributed by atoms with van der Waals surface area (Å²) in [5, 5.41) is 2.53. The van der Waals surface area contributed by atoms with Crippen LogP contribution in [0.15, 0.2) is 82.0 Å². The van der Waals surface area contributed by atoms with E-state index in [0.717, 1.165) is 32.4 Å². The number of hydrogen-bond donors (Lipinski definition) is 0. The van der Waals surface area contributed by atoms with Gasteiger partial charge in [0.25, 0.3) is 0 Å². The van der Waals surface area contributed by atoms with E-state index >= 15 is 4.39 Å². The van der Waals surface area contributed by atoms with Gasteiger partial charge in [0.2, 0.25) is 5.91 Å². The maximum absolute atomic E-state index is 15.1. The number of esters is 1. The van der Waals surface area contributed by atoms with Gasteiger partial charge in [-0.2, -0.15) is 0 Å². The number of aliphatic imine (C=N–C) groups is 1. The highest BCUT2D eigenvalue weighted by Crippen LogP contribution is 2.45. The van der Waals surface area contributed by atoms with E-state index in [0.29, 0.717) is 33.6 Å². The number of amidine groups is 1. The molecule has 0 radical (unpaired) electrons. The number of fused-ring (bicyclic) bond motifs is 1. The summed E-state index contributed by atoms with van der Waals surface area (Å²) in [7, 11) is 0. The number of amides is 1. The van der Waals surface area contributed by atoms with Crippen LogP contribution in [0.4, 0.5) is 4.39 Å². The minimum atomic E-state index is -0.756. The summed E-state index contributed by atoms with van der Waals surface area (Å²) < 4.78 is 20.5. The Kier molecular flexibility index (Phi) is 7.98. The predicted molar refractivity (Wildman–Crippen MR) is 147 cm³/mol. The van der Waals surface area contributed by atoms with Gasteiger partial charge in [-0.3, -0.25) is 4.79 Å². The fourth-order valence-corrected chi connectivity index (χ4v) is 6.40. The molecule has 3 aliphatic heterocycles. The smallest absolute Gasteiger partial charge is 0.338 e. The van der Waals surface area contributed by atoms with Crippen molar-refractivity contribution >= 4 is 28.8 Å². The third kappa shape index (κ3) is 5.41. The number of hydrogen-bond acceptors (Lipinski definition) is 6. The molecule has 3 heterocycles. The zero-order valence-corrected chi connectivity index (χ0v) is 22.5. The van der Waals surface area contributed by atoms with Crippen molar-refractivity contribution in [2.24, 2.45) is 10.9 Å². The number of likely N-dealkylation sites (tertiary alicyclic amines) is 1. The van der Waals surface area contributed by atoms with Gasteiger partial charge >= 0.3 is 5.97 Å². The van der Waals surface area contributed by atoms with Crippen molar-refractivity contribution in [1.82, 2.24) is 9.80 Å². The third-order valence-corrected chi connectivity index (χ3v) is 8.25. The molecule has 0 aliphatic carbocycles. The number of thioether (sulfide) groups is 1. The van der Waals surface area contributed by atoms with E-state index in [4.69, 9.17) is 4.74 Å². The Balaban J connectivity index is 1.32. The van der Waals surface area contributed by atoms with Crippen molar-refractivity contribution in [3.05, 3.63) is 93.9 Å². The van der Waals surface area contributed by atoms with Crippen LogP contribution in [-0.4, -0.2) is 46.5 Å². The third-order valence-electron chi connectivity index (χ3n) is 7.36. The molecule has 1 atom stereocenters. The lowest BCUT2D eigenvalue weighted by Crippen LogP contribution is -2.41. The molecule has 3 aliphatic rings.